The molecule has 0 spiro atoms. The summed E-state index contributed by atoms with van der Waals surface area (Å²) in [7, 11) is 0. The van der Waals surface area contributed by atoms with E-state index < -0.39 is 0 Å². The SMILES string of the molecule is Cc1cccnc1NC(CN)Cc1ccccc1. The number of aryl methyl sites for hydroxylation is 1. The lowest BCUT2D eigenvalue weighted by Crippen LogP contribution is -2.31. The Kier molecular flexibility index (Phi) is 4.31. The summed E-state index contributed by atoms with van der Waals surface area (Å²) in [6.07, 6.45) is 2.71. The van der Waals surface area contributed by atoms with Gasteiger partial charge in [-0.3, -0.25) is 0 Å². The van der Waals surface area contributed by atoms with Crippen LogP contribution in [-0.4, -0.2) is 17.6 Å². The van der Waals surface area contributed by atoms with Crippen molar-refractivity contribution in [3.05, 3.63) is 59.8 Å². The summed E-state index contributed by atoms with van der Waals surface area (Å²) < 4.78 is 0. The Morgan fingerprint density at radius 1 is 1.17 bits per heavy atom. The largest absolute Gasteiger partial charge is 0.366 e. The number of hydrogen-bond acceptors (Lipinski definition) is 3. The summed E-state index contributed by atoms with van der Waals surface area (Å²) in [5.74, 6) is 0.920. The second-order valence-electron chi connectivity index (χ2n) is 4.44. The molecule has 94 valence electrons. The van der Waals surface area contributed by atoms with Gasteiger partial charge in [-0.2, -0.15) is 0 Å². The standard InChI is InChI=1S/C15H19N3/c1-12-6-5-9-17-15(12)18-14(11-16)10-13-7-3-2-4-8-13/h2-9,14H,10-11,16H2,1H3,(H,17,18). The van der Waals surface area contributed by atoms with E-state index in [1.165, 1.54) is 5.56 Å². The number of aromatic nitrogens is 1. The molecule has 2 rings (SSSR count). The smallest absolute Gasteiger partial charge is 0.129 e. The molecule has 1 heterocycles. The zero-order chi connectivity index (χ0) is 12.8. The van der Waals surface area contributed by atoms with Crippen LogP contribution in [0.3, 0.4) is 0 Å². The number of hydrogen-bond donors (Lipinski definition) is 2. The predicted octanol–water partition coefficient (Wildman–Crippen LogP) is 2.37. The highest BCUT2D eigenvalue weighted by Gasteiger charge is 2.09. The fraction of sp³-hybridized carbons (Fsp3) is 0.267. The van der Waals surface area contributed by atoms with Crippen LogP contribution in [0.5, 0.6) is 0 Å². The summed E-state index contributed by atoms with van der Waals surface area (Å²) >= 11 is 0. The first kappa shape index (κ1) is 12.6. The van der Waals surface area contributed by atoms with Crippen molar-refractivity contribution in [2.75, 3.05) is 11.9 Å². The molecule has 0 amide bonds. The molecule has 2 aromatic rings. The van der Waals surface area contributed by atoms with Crippen molar-refractivity contribution in [2.45, 2.75) is 19.4 Å². The molecule has 1 aromatic carbocycles. The van der Waals surface area contributed by atoms with E-state index in [0.717, 1.165) is 17.8 Å². The van der Waals surface area contributed by atoms with Crippen molar-refractivity contribution in [1.82, 2.24) is 4.98 Å². The Hall–Kier alpha value is -1.87. The van der Waals surface area contributed by atoms with Crippen molar-refractivity contribution in [2.24, 2.45) is 5.73 Å². The van der Waals surface area contributed by atoms with Gasteiger partial charge in [0.1, 0.15) is 5.82 Å². The van der Waals surface area contributed by atoms with Crippen LogP contribution in [0.1, 0.15) is 11.1 Å². The molecule has 1 unspecified atom stereocenters. The molecule has 3 nitrogen and oxygen atoms in total. The highest BCUT2D eigenvalue weighted by atomic mass is 15.0. The van der Waals surface area contributed by atoms with Gasteiger partial charge in [-0.15, -0.1) is 0 Å². The first-order valence-electron chi connectivity index (χ1n) is 6.21. The van der Waals surface area contributed by atoms with Gasteiger partial charge in [0.2, 0.25) is 0 Å². The Morgan fingerprint density at radius 2 is 1.94 bits per heavy atom. The van der Waals surface area contributed by atoms with Crippen molar-refractivity contribution in [3.8, 4) is 0 Å². The number of nitrogens with zero attached hydrogens (tertiary/aromatic N) is 1. The molecular weight excluding hydrogens is 222 g/mol. The topological polar surface area (TPSA) is 50.9 Å². The van der Waals surface area contributed by atoms with Crippen LogP contribution in [0.25, 0.3) is 0 Å². The number of pyridine rings is 1. The van der Waals surface area contributed by atoms with Gasteiger partial charge in [-0.25, -0.2) is 4.98 Å². The maximum atomic E-state index is 5.83. The van der Waals surface area contributed by atoms with E-state index in [2.05, 4.69) is 34.6 Å². The molecular formula is C15H19N3. The number of anilines is 1. The molecule has 1 atom stereocenters. The second-order valence-corrected chi connectivity index (χ2v) is 4.44. The molecule has 0 fully saturated rings. The first-order valence-corrected chi connectivity index (χ1v) is 6.21. The van der Waals surface area contributed by atoms with E-state index in [0.29, 0.717) is 6.54 Å². The molecule has 0 aliphatic rings. The Bertz CT molecular complexity index is 482. The molecule has 1 aromatic heterocycles. The molecule has 0 bridgehead atoms. The summed E-state index contributed by atoms with van der Waals surface area (Å²) in [4.78, 5) is 4.34. The number of nitrogens with one attached hydrogen (secondary N) is 1. The summed E-state index contributed by atoms with van der Waals surface area (Å²) in [5.41, 5.74) is 8.26. The third kappa shape index (κ3) is 3.31. The van der Waals surface area contributed by atoms with Crippen molar-refractivity contribution in [3.63, 3.8) is 0 Å². The highest BCUT2D eigenvalue weighted by molar-refractivity contribution is 5.43. The number of benzene rings is 1. The van der Waals surface area contributed by atoms with Crippen LogP contribution in [0.2, 0.25) is 0 Å². The quantitative estimate of drug-likeness (QED) is 0.845. The van der Waals surface area contributed by atoms with Gasteiger partial charge in [0.25, 0.3) is 0 Å². The molecule has 3 N–H and O–H groups in total. The summed E-state index contributed by atoms with van der Waals surface area (Å²) in [5, 5.41) is 3.41. The average molecular weight is 241 g/mol. The van der Waals surface area contributed by atoms with E-state index in [1.807, 2.05) is 25.1 Å². The normalized spacial score (nSPS) is 12.1. The van der Waals surface area contributed by atoms with Crippen LogP contribution in [0.4, 0.5) is 5.82 Å². The monoisotopic (exact) mass is 241 g/mol. The number of nitrogens with two attached hydrogens (primary N) is 1. The zero-order valence-corrected chi connectivity index (χ0v) is 10.6. The van der Waals surface area contributed by atoms with E-state index in [4.69, 9.17) is 5.73 Å². The lowest BCUT2D eigenvalue weighted by molar-refractivity contribution is 0.719. The maximum Gasteiger partial charge on any atom is 0.129 e. The minimum Gasteiger partial charge on any atom is -0.366 e. The van der Waals surface area contributed by atoms with Gasteiger partial charge in [0, 0.05) is 18.8 Å². The van der Waals surface area contributed by atoms with E-state index in [1.54, 1.807) is 6.20 Å². The summed E-state index contributed by atoms with van der Waals surface area (Å²) in [6, 6.07) is 14.6. The molecule has 0 aliphatic heterocycles. The lowest BCUT2D eigenvalue weighted by Gasteiger charge is -2.18. The zero-order valence-electron chi connectivity index (χ0n) is 10.6. The van der Waals surface area contributed by atoms with Crippen LogP contribution in [-0.2, 0) is 6.42 Å². The molecule has 0 aliphatic carbocycles. The minimum absolute atomic E-state index is 0.209. The van der Waals surface area contributed by atoms with E-state index >= 15 is 0 Å². The van der Waals surface area contributed by atoms with Gasteiger partial charge in [-0.05, 0) is 30.5 Å². The molecule has 0 saturated carbocycles. The fourth-order valence-electron chi connectivity index (χ4n) is 1.92. The third-order valence-electron chi connectivity index (χ3n) is 2.96. The van der Waals surface area contributed by atoms with Crippen LogP contribution >= 0.6 is 0 Å². The van der Waals surface area contributed by atoms with E-state index in [-0.39, 0.29) is 6.04 Å². The van der Waals surface area contributed by atoms with Gasteiger partial charge >= 0.3 is 0 Å². The maximum absolute atomic E-state index is 5.83. The van der Waals surface area contributed by atoms with Crippen LogP contribution < -0.4 is 11.1 Å². The second kappa shape index (κ2) is 6.17. The highest BCUT2D eigenvalue weighted by Crippen LogP contribution is 2.12. The molecule has 18 heavy (non-hydrogen) atoms. The average Bonchev–Trinajstić information content (AvgIpc) is 2.41. The van der Waals surface area contributed by atoms with Gasteiger partial charge in [0.15, 0.2) is 0 Å². The predicted molar refractivity (Wildman–Crippen MR) is 75.6 cm³/mol. The Morgan fingerprint density at radius 3 is 2.61 bits per heavy atom. The lowest BCUT2D eigenvalue weighted by atomic mass is 10.1. The van der Waals surface area contributed by atoms with Crippen molar-refractivity contribution < 1.29 is 0 Å². The van der Waals surface area contributed by atoms with Crippen LogP contribution in [0.15, 0.2) is 48.7 Å². The first-order chi connectivity index (χ1) is 8.79. The van der Waals surface area contributed by atoms with Crippen molar-refractivity contribution >= 4 is 5.82 Å². The third-order valence-corrected chi connectivity index (χ3v) is 2.96. The van der Waals surface area contributed by atoms with Gasteiger partial charge in [-0.1, -0.05) is 36.4 Å². The van der Waals surface area contributed by atoms with E-state index in [9.17, 15) is 0 Å². The van der Waals surface area contributed by atoms with Gasteiger partial charge in [0.05, 0.1) is 0 Å². The summed E-state index contributed by atoms with van der Waals surface area (Å²) in [6.45, 7) is 2.64. The number of rotatable bonds is 5. The fourth-order valence-corrected chi connectivity index (χ4v) is 1.92. The van der Waals surface area contributed by atoms with Crippen LogP contribution in [0, 0.1) is 6.92 Å². The van der Waals surface area contributed by atoms with Gasteiger partial charge < -0.3 is 11.1 Å². The minimum atomic E-state index is 0.209. The Balaban J connectivity index is 2.04. The van der Waals surface area contributed by atoms with Crippen molar-refractivity contribution in [1.29, 1.82) is 0 Å². The molecule has 0 radical (unpaired) electrons. The molecule has 3 heteroatoms. The Labute approximate surface area is 108 Å². The molecule has 0 saturated heterocycles.